The summed E-state index contributed by atoms with van der Waals surface area (Å²) in [6.07, 6.45) is 0.445. The molecule has 14 heavy (non-hydrogen) atoms. The number of ether oxygens (including phenoxy) is 1. The van der Waals surface area contributed by atoms with Gasteiger partial charge in [-0.1, -0.05) is 6.07 Å². The van der Waals surface area contributed by atoms with E-state index in [-0.39, 0.29) is 17.0 Å². The zero-order valence-corrected chi connectivity index (χ0v) is 7.81. The lowest BCUT2D eigenvalue weighted by Crippen LogP contribution is -1.99. The molecule has 5 heteroatoms. The van der Waals surface area contributed by atoms with E-state index in [9.17, 15) is 14.9 Å². The van der Waals surface area contributed by atoms with Gasteiger partial charge in [0.1, 0.15) is 0 Å². The molecular weight excluding hydrogens is 186 g/mol. The fourth-order valence-electron chi connectivity index (χ4n) is 1.23. The van der Waals surface area contributed by atoms with Gasteiger partial charge in [0.25, 0.3) is 0 Å². The van der Waals surface area contributed by atoms with Crippen molar-refractivity contribution in [3.63, 3.8) is 0 Å². The largest absolute Gasteiger partial charge is 0.490 e. The molecule has 0 atom stereocenters. The lowest BCUT2D eigenvalue weighted by molar-refractivity contribution is -0.386. The van der Waals surface area contributed by atoms with E-state index in [0.717, 1.165) is 0 Å². The second kappa shape index (κ2) is 3.87. The third-order valence-corrected chi connectivity index (χ3v) is 1.87. The van der Waals surface area contributed by atoms with E-state index in [1.807, 2.05) is 0 Å². The first-order valence-electron chi connectivity index (χ1n) is 3.89. The quantitative estimate of drug-likeness (QED) is 0.418. The molecule has 1 rings (SSSR count). The monoisotopic (exact) mass is 195 g/mol. The number of rotatable bonds is 3. The molecule has 1 aromatic carbocycles. The average Bonchev–Trinajstić information content (AvgIpc) is 2.17. The summed E-state index contributed by atoms with van der Waals surface area (Å²) in [6, 6.07) is 3.01. The van der Waals surface area contributed by atoms with E-state index < -0.39 is 4.92 Å². The molecule has 0 aromatic heterocycles. The van der Waals surface area contributed by atoms with Crippen molar-refractivity contribution < 1.29 is 14.5 Å². The Kier molecular flexibility index (Phi) is 2.81. The number of hydrogen-bond acceptors (Lipinski definition) is 4. The van der Waals surface area contributed by atoms with Gasteiger partial charge in [-0.15, -0.1) is 0 Å². The zero-order chi connectivity index (χ0) is 10.7. The second-order valence-corrected chi connectivity index (χ2v) is 2.73. The van der Waals surface area contributed by atoms with Crippen molar-refractivity contribution in [2.75, 3.05) is 7.11 Å². The number of methoxy groups -OCH3 is 1. The number of hydrogen-bond donors (Lipinski definition) is 0. The number of benzene rings is 1. The first kappa shape index (κ1) is 10.2. The van der Waals surface area contributed by atoms with E-state index in [1.165, 1.54) is 13.2 Å². The van der Waals surface area contributed by atoms with Gasteiger partial charge in [0.05, 0.1) is 17.6 Å². The maximum Gasteiger partial charge on any atom is 0.321 e. The van der Waals surface area contributed by atoms with Gasteiger partial charge in [0.2, 0.25) is 5.75 Å². The van der Waals surface area contributed by atoms with Gasteiger partial charge in [-0.2, -0.15) is 0 Å². The third-order valence-electron chi connectivity index (χ3n) is 1.87. The van der Waals surface area contributed by atoms with Gasteiger partial charge < -0.3 is 4.74 Å². The van der Waals surface area contributed by atoms with Crippen LogP contribution in [0, 0.1) is 17.0 Å². The highest BCUT2D eigenvalue weighted by atomic mass is 16.6. The number of nitrogens with zero attached hydrogens (tertiary/aromatic N) is 1. The number of carbonyl (C=O) groups excluding carboxylic acids is 1. The highest BCUT2D eigenvalue weighted by molar-refractivity contribution is 5.84. The summed E-state index contributed by atoms with van der Waals surface area (Å²) >= 11 is 0. The molecule has 0 heterocycles. The summed E-state index contributed by atoms with van der Waals surface area (Å²) in [7, 11) is 1.34. The molecule has 0 fully saturated rings. The fourth-order valence-corrected chi connectivity index (χ4v) is 1.23. The molecule has 0 aliphatic rings. The van der Waals surface area contributed by atoms with Gasteiger partial charge >= 0.3 is 5.69 Å². The Hall–Kier alpha value is -1.91. The SMILES string of the molecule is COc1c(C)ccc(C=O)c1[N+](=O)[O-]. The predicted molar refractivity (Wildman–Crippen MR) is 49.8 cm³/mol. The van der Waals surface area contributed by atoms with Crippen LogP contribution in [0.3, 0.4) is 0 Å². The number of carbonyl (C=O) groups is 1. The summed E-state index contributed by atoms with van der Waals surface area (Å²) in [4.78, 5) is 20.6. The first-order chi connectivity index (χ1) is 6.61. The Bertz CT molecular complexity index is 387. The van der Waals surface area contributed by atoms with E-state index in [4.69, 9.17) is 4.74 Å². The van der Waals surface area contributed by atoms with Gasteiger partial charge in [0, 0.05) is 0 Å². The standard InChI is InChI=1S/C9H9NO4/c1-6-3-4-7(5-11)8(10(12)13)9(6)14-2/h3-5H,1-2H3. The smallest absolute Gasteiger partial charge is 0.321 e. The van der Waals surface area contributed by atoms with Gasteiger partial charge in [0.15, 0.2) is 6.29 Å². The Morgan fingerprint density at radius 2 is 2.14 bits per heavy atom. The van der Waals surface area contributed by atoms with Gasteiger partial charge in [-0.3, -0.25) is 14.9 Å². The van der Waals surface area contributed by atoms with Crippen molar-refractivity contribution in [3.05, 3.63) is 33.4 Å². The summed E-state index contributed by atoms with van der Waals surface area (Å²) < 4.78 is 4.88. The number of nitro benzene ring substituents is 1. The van der Waals surface area contributed by atoms with Crippen LogP contribution in [0.15, 0.2) is 12.1 Å². The molecule has 0 amide bonds. The maximum absolute atomic E-state index is 10.7. The molecular formula is C9H9NO4. The van der Waals surface area contributed by atoms with Crippen LogP contribution >= 0.6 is 0 Å². The molecule has 74 valence electrons. The van der Waals surface area contributed by atoms with Crippen molar-refractivity contribution in [3.8, 4) is 5.75 Å². The molecule has 0 saturated heterocycles. The summed E-state index contributed by atoms with van der Waals surface area (Å²) in [5.74, 6) is 0.139. The molecule has 0 aliphatic heterocycles. The zero-order valence-electron chi connectivity index (χ0n) is 7.81. The van der Waals surface area contributed by atoms with Crippen molar-refractivity contribution in [2.45, 2.75) is 6.92 Å². The molecule has 0 radical (unpaired) electrons. The highest BCUT2D eigenvalue weighted by Gasteiger charge is 2.21. The van der Waals surface area contributed by atoms with Crippen LogP contribution in [-0.4, -0.2) is 18.3 Å². The third kappa shape index (κ3) is 1.56. The Morgan fingerprint density at radius 1 is 1.50 bits per heavy atom. The lowest BCUT2D eigenvalue weighted by Gasteiger charge is -2.05. The molecule has 0 unspecified atom stereocenters. The van der Waals surface area contributed by atoms with Crippen LogP contribution in [-0.2, 0) is 0 Å². The van der Waals surface area contributed by atoms with E-state index in [2.05, 4.69) is 0 Å². The van der Waals surface area contributed by atoms with E-state index in [0.29, 0.717) is 11.8 Å². The molecule has 0 saturated carbocycles. The van der Waals surface area contributed by atoms with Crippen LogP contribution in [0.1, 0.15) is 15.9 Å². The normalized spacial score (nSPS) is 9.57. The summed E-state index contributed by atoms with van der Waals surface area (Å²) in [5, 5.41) is 10.7. The van der Waals surface area contributed by atoms with Crippen LogP contribution < -0.4 is 4.74 Å². The number of aldehydes is 1. The molecule has 1 aromatic rings. The van der Waals surface area contributed by atoms with Crippen LogP contribution in [0.4, 0.5) is 5.69 Å². The highest BCUT2D eigenvalue weighted by Crippen LogP contribution is 2.32. The van der Waals surface area contributed by atoms with Gasteiger partial charge in [-0.05, 0) is 18.6 Å². The van der Waals surface area contributed by atoms with Gasteiger partial charge in [-0.25, -0.2) is 0 Å². The minimum atomic E-state index is -0.616. The van der Waals surface area contributed by atoms with Crippen LogP contribution in [0.25, 0.3) is 0 Å². The first-order valence-corrected chi connectivity index (χ1v) is 3.89. The second-order valence-electron chi connectivity index (χ2n) is 2.73. The molecule has 0 N–H and O–H groups in total. The van der Waals surface area contributed by atoms with Crippen molar-refractivity contribution >= 4 is 12.0 Å². The van der Waals surface area contributed by atoms with E-state index >= 15 is 0 Å². The topological polar surface area (TPSA) is 69.4 Å². The minimum absolute atomic E-state index is 0.0254. The van der Waals surface area contributed by atoms with Crippen molar-refractivity contribution in [1.82, 2.24) is 0 Å². The Labute approximate surface area is 80.5 Å². The van der Waals surface area contributed by atoms with E-state index in [1.54, 1.807) is 13.0 Å². The van der Waals surface area contributed by atoms with Crippen molar-refractivity contribution in [2.24, 2.45) is 0 Å². The molecule has 0 spiro atoms. The van der Waals surface area contributed by atoms with Crippen molar-refractivity contribution in [1.29, 1.82) is 0 Å². The maximum atomic E-state index is 10.7. The fraction of sp³-hybridized carbons (Fsp3) is 0.222. The summed E-state index contributed by atoms with van der Waals surface area (Å²) in [5.41, 5.74) is 0.379. The molecule has 0 bridgehead atoms. The minimum Gasteiger partial charge on any atom is -0.490 e. The Balaban J connectivity index is 3.51. The van der Waals surface area contributed by atoms with Crippen LogP contribution in [0.2, 0.25) is 0 Å². The lowest BCUT2D eigenvalue weighted by atomic mass is 10.1. The number of aryl methyl sites for hydroxylation is 1. The van der Waals surface area contributed by atoms with Crippen LogP contribution in [0.5, 0.6) is 5.75 Å². The summed E-state index contributed by atoms with van der Waals surface area (Å²) in [6.45, 7) is 1.68. The average molecular weight is 195 g/mol. The number of nitro groups is 1. The molecule has 5 nitrogen and oxygen atoms in total. The molecule has 0 aliphatic carbocycles. The Morgan fingerprint density at radius 3 is 2.57 bits per heavy atom. The predicted octanol–water partition coefficient (Wildman–Crippen LogP) is 1.72.